The Kier molecular flexibility index (Phi) is 4.83. The molecule has 0 bridgehead atoms. The molecule has 0 unspecified atom stereocenters. The molecule has 0 aromatic heterocycles. The van der Waals surface area contributed by atoms with Crippen LogP contribution in [0.3, 0.4) is 0 Å². The molecule has 0 aliphatic heterocycles. The van der Waals surface area contributed by atoms with Crippen molar-refractivity contribution in [3.63, 3.8) is 0 Å². The van der Waals surface area contributed by atoms with Gasteiger partial charge < -0.3 is 10.2 Å². The highest BCUT2D eigenvalue weighted by molar-refractivity contribution is 7.90. The maximum absolute atomic E-state index is 12.2. The van der Waals surface area contributed by atoms with Crippen LogP contribution >= 0.6 is 0 Å². The van der Waals surface area contributed by atoms with Crippen molar-refractivity contribution in [2.75, 3.05) is 5.75 Å². The molecule has 0 amide bonds. The Labute approximate surface area is 120 Å². The molecule has 0 saturated heterocycles. The van der Waals surface area contributed by atoms with E-state index in [9.17, 15) is 13.5 Å². The third kappa shape index (κ3) is 4.30. The van der Waals surface area contributed by atoms with Crippen LogP contribution in [0.4, 0.5) is 0 Å². The molecule has 0 heterocycles. The van der Waals surface area contributed by atoms with Gasteiger partial charge in [0.2, 0.25) is 0 Å². The predicted octanol–water partition coefficient (Wildman–Crippen LogP) is 1.79. The Morgan fingerprint density at radius 3 is 2.10 bits per heavy atom. The highest BCUT2D eigenvalue weighted by atomic mass is 32.2. The van der Waals surface area contributed by atoms with Crippen LogP contribution in [0.5, 0.6) is 0 Å². The second kappa shape index (κ2) is 6.24. The monoisotopic (exact) mass is 298 g/mol. The van der Waals surface area contributed by atoms with Crippen LogP contribution in [0.2, 0.25) is 0 Å². The molecule has 1 saturated carbocycles. The molecule has 112 valence electrons. The number of benzene rings is 1. The van der Waals surface area contributed by atoms with Gasteiger partial charge in [0.1, 0.15) is 0 Å². The van der Waals surface area contributed by atoms with E-state index in [0.717, 1.165) is 24.8 Å². The van der Waals surface area contributed by atoms with E-state index in [0.29, 0.717) is 18.4 Å². The molecule has 1 aliphatic carbocycles. The summed E-state index contributed by atoms with van der Waals surface area (Å²) >= 11 is 0. The first-order chi connectivity index (χ1) is 9.42. The van der Waals surface area contributed by atoms with Crippen LogP contribution in [-0.2, 0) is 22.2 Å². The van der Waals surface area contributed by atoms with Gasteiger partial charge in [-0.15, -0.1) is 0 Å². The first-order valence-corrected chi connectivity index (χ1v) is 8.86. The normalized spacial score (nSPS) is 18.9. The summed E-state index contributed by atoms with van der Waals surface area (Å²) in [5.41, 5.74) is 0.418. The summed E-state index contributed by atoms with van der Waals surface area (Å²) < 4.78 is 24.4. The lowest BCUT2D eigenvalue weighted by atomic mass is 9.86. The molecule has 1 aromatic rings. The highest BCUT2D eigenvalue weighted by Gasteiger charge is 2.34. The molecule has 1 fully saturated rings. The molecule has 1 aromatic carbocycles. The molecule has 0 atom stereocenters. The van der Waals surface area contributed by atoms with Gasteiger partial charge in [-0.05, 0) is 24.0 Å². The van der Waals surface area contributed by atoms with Gasteiger partial charge in [0.05, 0.1) is 23.7 Å². The van der Waals surface area contributed by atoms with Crippen LogP contribution < -0.4 is 0 Å². The molecule has 0 radical (unpaired) electrons. The van der Waals surface area contributed by atoms with E-state index in [1.165, 1.54) is 0 Å². The van der Waals surface area contributed by atoms with Gasteiger partial charge in [0.25, 0.3) is 0 Å². The lowest BCUT2D eigenvalue weighted by molar-refractivity contribution is 0.0257. The number of aliphatic hydroxyl groups is 2. The van der Waals surface area contributed by atoms with E-state index < -0.39 is 15.4 Å². The van der Waals surface area contributed by atoms with Crippen molar-refractivity contribution in [2.45, 2.75) is 50.1 Å². The van der Waals surface area contributed by atoms with Crippen molar-refractivity contribution in [3.05, 3.63) is 35.4 Å². The molecular formula is C15H22O4S. The van der Waals surface area contributed by atoms with E-state index in [1.807, 2.05) is 0 Å². The topological polar surface area (TPSA) is 74.6 Å². The Morgan fingerprint density at radius 1 is 1.00 bits per heavy atom. The average molecular weight is 298 g/mol. The minimum Gasteiger partial charge on any atom is -0.392 e. The Bertz CT molecular complexity index is 527. The average Bonchev–Trinajstić information content (AvgIpc) is 2.38. The second-order valence-corrected chi connectivity index (χ2v) is 7.86. The predicted molar refractivity (Wildman–Crippen MR) is 77.9 cm³/mol. The molecule has 4 nitrogen and oxygen atoms in total. The molecular weight excluding hydrogens is 276 g/mol. The van der Waals surface area contributed by atoms with Crippen LogP contribution in [0, 0.1) is 0 Å². The summed E-state index contributed by atoms with van der Waals surface area (Å²) in [4.78, 5) is 0. The maximum atomic E-state index is 12.2. The quantitative estimate of drug-likeness (QED) is 0.869. The van der Waals surface area contributed by atoms with E-state index in [4.69, 9.17) is 5.11 Å². The van der Waals surface area contributed by atoms with Crippen LogP contribution in [0.25, 0.3) is 0 Å². The van der Waals surface area contributed by atoms with E-state index in [1.54, 1.807) is 24.3 Å². The van der Waals surface area contributed by atoms with E-state index in [2.05, 4.69) is 0 Å². The molecule has 0 spiro atoms. The summed E-state index contributed by atoms with van der Waals surface area (Å²) in [6.07, 6.45) is 4.03. The van der Waals surface area contributed by atoms with Crippen molar-refractivity contribution in [3.8, 4) is 0 Å². The number of aliphatic hydroxyl groups excluding tert-OH is 1. The van der Waals surface area contributed by atoms with Gasteiger partial charge in [-0.1, -0.05) is 43.5 Å². The van der Waals surface area contributed by atoms with Gasteiger partial charge in [-0.3, -0.25) is 0 Å². The minimum atomic E-state index is -3.32. The Hall–Kier alpha value is -0.910. The molecule has 1 aliphatic rings. The fourth-order valence-electron chi connectivity index (χ4n) is 2.81. The fourth-order valence-corrected chi connectivity index (χ4v) is 4.72. The molecule has 20 heavy (non-hydrogen) atoms. The number of hydrogen-bond donors (Lipinski definition) is 2. The van der Waals surface area contributed by atoms with Gasteiger partial charge in [0.15, 0.2) is 9.84 Å². The summed E-state index contributed by atoms with van der Waals surface area (Å²) in [6.45, 7) is -0.0488. The van der Waals surface area contributed by atoms with Crippen molar-refractivity contribution in [2.24, 2.45) is 0 Å². The van der Waals surface area contributed by atoms with Crippen molar-refractivity contribution in [1.82, 2.24) is 0 Å². The van der Waals surface area contributed by atoms with Crippen LogP contribution in [-0.4, -0.2) is 30.0 Å². The third-order valence-corrected chi connectivity index (χ3v) is 5.62. The SMILES string of the molecule is O=S(=O)(Cc1ccc(CO)cc1)CC1(O)CCCCC1. The third-order valence-electron chi connectivity index (χ3n) is 3.86. The van der Waals surface area contributed by atoms with Crippen molar-refractivity contribution >= 4 is 9.84 Å². The summed E-state index contributed by atoms with van der Waals surface area (Å²) in [5, 5.41) is 19.3. The van der Waals surface area contributed by atoms with E-state index >= 15 is 0 Å². The minimum absolute atomic E-state index is 0.0488. The number of sulfone groups is 1. The first-order valence-electron chi connectivity index (χ1n) is 7.04. The summed E-state index contributed by atoms with van der Waals surface area (Å²) in [7, 11) is -3.32. The van der Waals surface area contributed by atoms with Gasteiger partial charge in [0, 0.05) is 0 Å². The zero-order chi connectivity index (χ0) is 14.6. The standard InChI is InChI=1S/C15H22O4S/c16-10-13-4-6-14(7-5-13)11-20(18,19)12-15(17)8-2-1-3-9-15/h4-7,16-17H,1-3,8-12H2. The first kappa shape index (κ1) is 15.5. The summed E-state index contributed by atoms with van der Waals surface area (Å²) in [6, 6.07) is 6.88. The summed E-state index contributed by atoms with van der Waals surface area (Å²) in [5.74, 6) is -0.206. The lowest BCUT2D eigenvalue weighted by Gasteiger charge is -2.31. The van der Waals surface area contributed by atoms with Gasteiger partial charge in [-0.25, -0.2) is 8.42 Å². The second-order valence-electron chi connectivity index (χ2n) is 5.79. The molecule has 2 N–H and O–H groups in total. The van der Waals surface area contributed by atoms with Gasteiger partial charge >= 0.3 is 0 Å². The van der Waals surface area contributed by atoms with Crippen molar-refractivity contribution in [1.29, 1.82) is 0 Å². The van der Waals surface area contributed by atoms with Crippen LogP contribution in [0.15, 0.2) is 24.3 Å². The zero-order valence-corrected chi connectivity index (χ0v) is 12.4. The smallest absolute Gasteiger partial charge is 0.157 e. The number of hydrogen-bond acceptors (Lipinski definition) is 4. The Balaban J connectivity index is 2.02. The number of rotatable bonds is 5. The van der Waals surface area contributed by atoms with Crippen molar-refractivity contribution < 1.29 is 18.6 Å². The lowest BCUT2D eigenvalue weighted by Crippen LogP contribution is -2.39. The highest BCUT2D eigenvalue weighted by Crippen LogP contribution is 2.30. The zero-order valence-electron chi connectivity index (χ0n) is 11.6. The fraction of sp³-hybridized carbons (Fsp3) is 0.600. The molecule has 5 heteroatoms. The molecule has 2 rings (SSSR count). The maximum Gasteiger partial charge on any atom is 0.157 e. The van der Waals surface area contributed by atoms with E-state index in [-0.39, 0.29) is 18.1 Å². The van der Waals surface area contributed by atoms with Gasteiger partial charge in [-0.2, -0.15) is 0 Å². The van der Waals surface area contributed by atoms with Crippen LogP contribution in [0.1, 0.15) is 43.2 Å². The Morgan fingerprint density at radius 2 is 1.55 bits per heavy atom. The largest absolute Gasteiger partial charge is 0.392 e.